The summed E-state index contributed by atoms with van der Waals surface area (Å²) in [5, 5.41) is 3.23. The summed E-state index contributed by atoms with van der Waals surface area (Å²) in [5.41, 5.74) is 1.83. The van der Waals surface area contributed by atoms with E-state index in [-0.39, 0.29) is 18.2 Å². The van der Waals surface area contributed by atoms with Crippen LogP contribution >= 0.6 is 23.4 Å². The topological polar surface area (TPSA) is 75.7 Å². The summed E-state index contributed by atoms with van der Waals surface area (Å²) in [5.74, 6) is -0.404. The van der Waals surface area contributed by atoms with Crippen LogP contribution in [-0.4, -0.2) is 51.2 Å². The van der Waals surface area contributed by atoms with E-state index < -0.39 is 10.0 Å². The van der Waals surface area contributed by atoms with E-state index in [2.05, 4.69) is 5.32 Å². The minimum absolute atomic E-state index is 0.109. The Morgan fingerprint density at radius 1 is 1.17 bits per heavy atom. The molecule has 9 heteroatoms. The molecule has 2 aromatic rings. The lowest BCUT2D eigenvalue weighted by Crippen LogP contribution is -2.41. The van der Waals surface area contributed by atoms with Gasteiger partial charge in [0.15, 0.2) is 0 Å². The van der Waals surface area contributed by atoms with Gasteiger partial charge in [-0.2, -0.15) is 4.31 Å². The number of sulfonamides is 1. The van der Waals surface area contributed by atoms with Crippen LogP contribution in [0, 0.1) is 0 Å². The molecule has 0 bridgehead atoms. The van der Waals surface area contributed by atoms with E-state index in [9.17, 15) is 13.2 Å². The molecular weight excluding hydrogens is 432 g/mol. The van der Waals surface area contributed by atoms with Crippen LogP contribution in [0.15, 0.2) is 47.4 Å². The van der Waals surface area contributed by atoms with Gasteiger partial charge in [-0.05, 0) is 35.6 Å². The number of benzene rings is 2. The van der Waals surface area contributed by atoms with Crippen LogP contribution in [0.5, 0.6) is 0 Å². The van der Waals surface area contributed by atoms with Crippen LogP contribution in [0.4, 0.5) is 0 Å². The molecule has 1 heterocycles. The highest BCUT2D eigenvalue weighted by molar-refractivity contribution is 7.98. The first-order valence-corrected chi connectivity index (χ1v) is 12.4. The Morgan fingerprint density at radius 2 is 1.86 bits per heavy atom. The number of hydrogen-bond acceptors (Lipinski definition) is 5. The fraction of sp³-hybridized carbons (Fsp3) is 0.350. The van der Waals surface area contributed by atoms with E-state index in [4.69, 9.17) is 16.3 Å². The second-order valence-corrected chi connectivity index (χ2v) is 9.82. The van der Waals surface area contributed by atoms with Gasteiger partial charge in [0.1, 0.15) is 0 Å². The van der Waals surface area contributed by atoms with Crippen LogP contribution < -0.4 is 5.32 Å². The molecule has 1 saturated heterocycles. The fourth-order valence-corrected chi connectivity index (χ4v) is 5.27. The number of ether oxygens (including phenoxy) is 1. The number of nitrogens with zero attached hydrogens (tertiary/aromatic N) is 1. The van der Waals surface area contributed by atoms with Crippen LogP contribution in [0.25, 0.3) is 0 Å². The number of rotatable bonds is 7. The Balaban J connectivity index is 1.72. The molecule has 1 N–H and O–H groups in total. The normalized spacial score (nSPS) is 15.2. The predicted octanol–water partition coefficient (Wildman–Crippen LogP) is 3.15. The molecule has 1 aliphatic heterocycles. The average Bonchev–Trinajstić information content (AvgIpc) is 2.73. The van der Waals surface area contributed by atoms with Gasteiger partial charge in [0.05, 0.1) is 29.6 Å². The molecule has 0 saturated carbocycles. The van der Waals surface area contributed by atoms with E-state index in [1.54, 1.807) is 24.3 Å². The van der Waals surface area contributed by atoms with Crippen LogP contribution in [-0.2, 0) is 27.1 Å². The SMILES string of the molecule is CSc1ccc(Cl)c(C(=O)NCc2ccccc2CS(=O)(=O)N2CCOCC2)c1. The molecule has 29 heavy (non-hydrogen) atoms. The molecule has 3 rings (SSSR count). The molecule has 6 nitrogen and oxygen atoms in total. The van der Waals surface area contributed by atoms with Gasteiger partial charge in [0.2, 0.25) is 10.0 Å². The Morgan fingerprint density at radius 3 is 2.55 bits per heavy atom. The lowest BCUT2D eigenvalue weighted by Gasteiger charge is -2.26. The van der Waals surface area contributed by atoms with Crippen molar-refractivity contribution in [2.75, 3.05) is 32.6 Å². The van der Waals surface area contributed by atoms with Gasteiger partial charge < -0.3 is 10.1 Å². The number of thioether (sulfide) groups is 1. The second-order valence-electron chi connectivity index (χ2n) is 6.56. The van der Waals surface area contributed by atoms with Crippen molar-refractivity contribution < 1.29 is 17.9 Å². The first-order chi connectivity index (χ1) is 13.9. The summed E-state index contributed by atoms with van der Waals surface area (Å²) in [6, 6.07) is 12.5. The Bertz CT molecular complexity index is 976. The van der Waals surface area contributed by atoms with Gasteiger partial charge in [0, 0.05) is 24.5 Å². The Hall–Kier alpha value is -1.58. The molecule has 0 unspecified atom stereocenters. The van der Waals surface area contributed by atoms with Gasteiger partial charge in [-0.3, -0.25) is 4.79 Å². The molecule has 0 radical (unpaired) electrons. The third-order valence-corrected chi connectivity index (χ3v) is 7.56. The molecule has 1 aliphatic rings. The summed E-state index contributed by atoms with van der Waals surface area (Å²) < 4.78 is 32.2. The maximum atomic E-state index is 12.7. The van der Waals surface area contributed by atoms with Crippen molar-refractivity contribution in [1.82, 2.24) is 9.62 Å². The molecule has 2 aromatic carbocycles. The minimum atomic E-state index is -3.45. The summed E-state index contributed by atoms with van der Waals surface area (Å²) in [6.45, 7) is 1.77. The van der Waals surface area contributed by atoms with Gasteiger partial charge in [0.25, 0.3) is 5.91 Å². The molecular formula is C20H23ClN2O4S2. The number of morpholine rings is 1. The fourth-order valence-electron chi connectivity index (χ4n) is 3.06. The monoisotopic (exact) mass is 454 g/mol. The smallest absolute Gasteiger partial charge is 0.253 e. The molecule has 0 atom stereocenters. The molecule has 0 aliphatic carbocycles. The highest BCUT2D eigenvalue weighted by atomic mass is 35.5. The average molecular weight is 455 g/mol. The van der Waals surface area contributed by atoms with Crippen molar-refractivity contribution in [2.24, 2.45) is 0 Å². The van der Waals surface area contributed by atoms with Crippen LogP contribution in [0.3, 0.4) is 0 Å². The van der Waals surface area contributed by atoms with E-state index in [1.807, 2.05) is 24.5 Å². The maximum absolute atomic E-state index is 12.7. The number of carbonyl (C=O) groups is 1. The van der Waals surface area contributed by atoms with Crippen molar-refractivity contribution in [3.8, 4) is 0 Å². The summed E-state index contributed by atoms with van der Waals surface area (Å²) in [6.07, 6.45) is 1.93. The maximum Gasteiger partial charge on any atom is 0.253 e. The Labute approximate surface area is 180 Å². The van der Waals surface area contributed by atoms with Gasteiger partial charge in [-0.25, -0.2) is 8.42 Å². The first-order valence-electron chi connectivity index (χ1n) is 9.15. The van der Waals surface area contributed by atoms with E-state index in [0.29, 0.717) is 42.5 Å². The molecule has 1 amide bonds. The van der Waals surface area contributed by atoms with Crippen molar-refractivity contribution in [3.63, 3.8) is 0 Å². The highest BCUT2D eigenvalue weighted by Crippen LogP contribution is 2.23. The second kappa shape index (κ2) is 9.95. The molecule has 0 spiro atoms. The van der Waals surface area contributed by atoms with E-state index >= 15 is 0 Å². The number of halogens is 1. The zero-order valence-corrected chi connectivity index (χ0v) is 18.4. The molecule has 0 aromatic heterocycles. The number of carbonyl (C=O) groups excluding carboxylic acids is 1. The largest absolute Gasteiger partial charge is 0.379 e. The zero-order valence-electron chi connectivity index (χ0n) is 16.1. The van der Waals surface area contributed by atoms with E-state index in [1.165, 1.54) is 16.1 Å². The van der Waals surface area contributed by atoms with E-state index in [0.717, 1.165) is 10.5 Å². The minimum Gasteiger partial charge on any atom is -0.379 e. The van der Waals surface area contributed by atoms with Crippen molar-refractivity contribution in [3.05, 3.63) is 64.2 Å². The third-order valence-electron chi connectivity index (χ3n) is 4.68. The quantitative estimate of drug-likeness (QED) is 0.650. The summed E-state index contributed by atoms with van der Waals surface area (Å²) in [4.78, 5) is 13.5. The first kappa shape index (κ1) is 22.1. The lowest BCUT2D eigenvalue weighted by molar-refractivity contribution is 0.0729. The summed E-state index contributed by atoms with van der Waals surface area (Å²) in [7, 11) is -3.45. The summed E-state index contributed by atoms with van der Waals surface area (Å²) >= 11 is 7.70. The van der Waals surface area contributed by atoms with Crippen LogP contribution in [0.2, 0.25) is 5.02 Å². The van der Waals surface area contributed by atoms with Crippen molar-refractivity contribution in [1.29, 1.82) is 0 Å². The molecule has 156 valence electrons. The molecule has 1 fully saturated rings. The zero-order chi connectivity index (χ0) is 20.9. The number of hydrogen-bond donors (Lipinski definition) is 1. The predicted molar refractivity (Wildman–Crippen MR) is 116 cm³/mol. The van der Waals surface area contributed by atoms with Gasteiger partial charge >= 0.3 is 0 Å². The highest BCUT2D eigenvalue weighted by Gasteiger charge is 2.25. The lowest BCUT2D eigenvalue weighted by atomic mass is 10.1. The Kier molecular flexibility index (Phi) is 7.59. The number of nitrogens with one attached hydrogen (secondary N) is 1. The van der Waals surface area contributed by atoms with Crippen LogP contribution in [0.1, 0.15) is 21.5 Å². The third kappa shape index (κ3) is 5.73. The van der Waals surface area contributed by atoms with Gasteiger partial charge in [-0.15, -0.1) is 11.8 Å². The van der Waals surface area contributed by atoms with Crippen molar-refractivity contribution >= 4 is 39.3 Å². The van der Waals surface area contributed by atoms with Gasteiger partial charge in [-0.1, -0.05) is 35.9 Å². The number of amides is 1. The standard InChI is InChI=1S/C20H23ClN2O4S2/c1-28-17-6-7-19(21)18(12-17)20(24)22-13-15-4-2-3-5-16(15)14-29(25,26)23-8-10-27-11-9-23/h2-7,12H,8-11,13-14H2,1H3,(H,22,24). The van der Waals surface area contributed by atoms with Crippen molar-refractivity contribution in [2.45, 2.75) is 17.2 Å².